The number of hydrogen-bond donors (Lipinski definition) is 1. The second-order valence-corrected chi connectivity index (χ2v) is 8.04. The Kier molecular flexibility index (Phi) is 4.77. The Morgan fingerprint density at radius 2 is 1.81 bits per heavy atom. The zero-order chi connectivity index (χ0) is 21.5. The maximum Gasteiger partial charge on any atom is 0.290 e. The van der Waals surface area contributed by atoms with Crippen molar-refractivity contribution in [1.82, 2.24) is 4.90 Å². The molecule has 1 unspecified atom stereocenters. The maximum atomic E-state index is 13.6. The van der Waals surface area contributed by atoms with E-state index in [2.05, 4.69) is 0 Å². The maximum absolute atomic E-state index is 13.6. The molecule has 0 spiro atoms. The van der Waals surface area contributed by atoms with Crippen LogP contribution in [0.25, 0.3) is 11.0 Å². The van der Waals surface area contributed by atoms with Crippen molar-refractivity contribution in [3.05, 3.63) is 77.3 Å². The van der Waals surface area contributed by atoms with Gasteiger partial charge < -0.3 is 19.2 Å². The third-order valence-electron chi connectivity index (χ3n) is 6.29. The van der Waals surface area contributed by atoms with Gasteiger partial charge in [-0.05, 0) is 31.0 Å². The quantitative estimate of drug-likeness (QED) is 0.594. The Bertz CT molecular complexity index is 1170. The minimum absolute atomic E-state index is 0.0365. The summed E-state index contributed by atoms with van der Waals surface area (Å²) >= 11 is 0. The van der Waals surface area contributed by atoms with Gasteiger partial charge in [0.25, 0.3) is 5.91 Å². The van der Waals surface area contributed by atoms with E-state index in [-0.39, 0.29) is 17.4 Å². The van der Waals surface area contributed by atoms with Crippen LogP contribution >= 0.6 is 0 Å². The third-order valence-corrected chi connectivity index (χ3v) is 6.29. The summed E-state index contributed by atoms with van der Waals surface area (Å²) in [6.45, 7) is 0. The molecule has 31 heavy (non-hydrogen) atoms. The number of para-hydroxylation sites is 2. The molecule has 1 fully saturated rings. The summed E-state index contributed by atoms with van der Waals surface area (Å²) in [5.41, 5.74) is 1.30. The van der Waals surface area contributed by atoms with Crippen molar-refractivity contribution in [1.29, 1.82) is 0 Å². The van der Waals surface area contributed by atoms with E-state index < -0.39 is 23.5 Å². The molecule has 2 aromatic carbocycles. The number of methoxy groups -OCH3 is 1. The number of ketones is 1. The molecule has 1 atom stereocenters. The number of carbonyl (C=O) groups excluding carboxylic acids is 2. The second kappa shape index (κ2) is 7.61. The minimum atomic E-state index is -0.729. The molecule has 1 aliphatic carbocycles. The van der Waals surface area contributed by atoms with Gasteiger partial charge in [0.1, 0.15) is 11.3 Å². The van der Waals surface area contributed by atoms with Gasteiger partial charge in [0.15, 0.2) is 11.5 Å². The van der Waals surface area contributed by atoms with E-state index in [0.717, 1.165) is 31.1 Å². The highest BCUT2D eigenvalue weighted by Gasteiger charge is 2.48. The van der Waals surface area contributed by atoms with Gasteiger partial charge in [0.2, 0.25) is 5.78 Å². The van der Waals surface area contributed by atoms with Gasteiger partial charge in [-0.3, -0.25) is 9.59 Å². The molecule has 1 saturated carbocycles. The van der Waals surface area contributed by atoms with Crippen LogP contribution in [0, 0.1) is 0 Å². The van der Waals surface area contributed by atoms with E-state index in [4.69, 9.17) is 9.15 Å². The zero-order valence-electron chi connectivity index (χ0n) is 17.2. The van der Waals surface area contributed by atoms with Gasteiger partial charge >= 0.3 is 0 Å². The molecule has 1 aromatic heterocycles. The highest BCUT2D eigenvalue weighted by molar-refractivity contribution is 6.16. The van der Waals surface area contributed by atoms with Crippen molar-refractivity contribution < 1.29 is 23.8 Å². The molecule has 158 valence electrons. The number of rotatable bonds is 5. The first-order valence-electron chi connectivity index (χ1n) is 10.5. The molecule has 6 nitrogen and oxygen atoms in total. The number of aliphatic hydroxyl groups excluding tert-OH is 1. The van der Waals surface area contributed by atoms with E-state index in [1.54, 1.807) is 30.2 Å². The average molecular weight is 417 g/mol. The number of fused-ring (bicyclic) bond motifs is 1. The number of nitrogens with zero attached hydrogens (tertiary/aromatic N) is 1. The van der Waals surface area contributed by atoms with Crippen LogP contribution in [-0.4, -0.2) is 34.8 Å². The highest BCUT2D eigenvalue weighted by atomic mass is 16.5. The summed E-state index contributed by atoms with van der Waals surface area (Å²) in [5, 5.41) is 11.7. The van der Waals surface area contributed by atoms with Crippen LogP contribution in [0.4, 0.5) is 0 Å². The van der Waals surface area contributed by atoms with E-state index in [1.165, 1.54) is 0 Å². The van der Waals surface area contributed by atoms with E-state index in [9.17, 15) is 14.7 Å². The van der Waals surface area contributed by atoms with Gasteiger partial charge in [-0.1, -0.05) is 49.2 Å². The summed E-state index contributed by atoms with van der Waals surface area (Å²) in [7, 11) is 1.56. The van der Waals surface area contributed by atoms with Crippen LogP contribution in [-0.2, 0) is 4.79 Å². The fourth-order valence-corrected chi connectivity index (χ4v) is 4.84. The van der Waals surface area contributed by atoms with Crippen LogP contribution in [0.3, 0.4) is 0 Å². The molecule has 2 heterocycles. The van der Waals surface area contributed by atoms with Crippen molar-refractivity contribution in [2.45, 2.75) is 37.8 Å². The number of Topliss-reactive ketones (excluding diaryl/α,β-unsaturated/α-hetero) is 1. The fraction of sp³-hybridized carbons (Fsp3) is 0.280. The fourth-order valence-electron chi connectivity index (χ4n) is 4.84. The highest BCUT2D eigenvalue weighted by Crippen LogP contribution is 2.45. The topological polar surface area (TPSA) is 80.0 Å². The SMILES string of the molecule is COc1ccccc1C1C(C(=O)c2cc3ccccc3o2)=C(O)C(=O)N1C1CCCC1. The van der Waals surface area contributed by atoms with Crippen molar-refractivity contribution in [2.75, 3.05) is 7.11 Å². The van der Waals surface area contributed by atoms with Crippen LogP contribution in [0.1, 0.15) is 47.8 Å². The Morgan fingerprint density at radius 3 is 2.55 bits per heavy atom. The predicted molar refractivity (Wildman–Crippen MR) is 115 cm³/mol. The van der Waals surface area contributed by atoms with Crippen LogP contribution in [0.15, 0.2) is 70.3 Å². The summed E-state index contributed by atoms with van der Waals surface area (Å²) in [5.74, 6) is -0.842. The summed E-state index contributed by atoms with van der Waals surface area (Å²) in [4.78, 5) is 28.4. The second-order valence-electron chi connectivity index (χ2n) is 8.04. The molecular weight excluding hydrogens is 394 g/mol. The van der Waals surface area contributed by atoms with Crippen LogP contribution in [0.2, 0.25) is 0 Å². The Morgan fingerprint density at radius 1 is 1.10 bits per heavy atom. The average Bonchev–Trinajstić information content (AvgIpc) is 3.52. The van der Waals surface area contributed by atoms with E-state index in [1.807, 2.05) is 36.4 Å². The van der Waals surface area contributed by atoms with Crippen LogP contribution < -0.4 is 4.74 Å². The Balaban J connectivity index is 1.65. The number of amides is 1. The molecule has 1 amide bonds. The minimum Gasteiger partial charge on any atom is -0.503 e. The molecule has 0 saturated heterocycles. The molecule has 3 aromatic rings. The normalized spacial score (nSPS) is 19.6. The first-order chi connectivity index (χ1) is 15.1. The van der Waals surface area contributed by atoms with Gasteiger partial charge in [-0.15, -0.1) is 0 Å². The molecule has 1 aliphatic heterocycles. The van der Waals surface area contributed by atoms with Crippen molar-refractivity contribution in [2.24, 2.45) is 0 Å². The first-order valence-corrected chi connectivity index (χ1v) is 10.5. The van der Waals surface area contributed by atoms with Gasteiger partial charge in [-0.2, -0.15) is 0 Å². The number of hydrogen-bond acceptors (Lipinski definition) is 5. The molecule has 0 radical (unpaired) electrons. The third kappa shape index (κ3) is 3.10. The summed E-state index contributed by atoms with van der Waals surface area (Å²) in [6.07, 6.45) is 3.72. The zero-order valence-corrected chi connectivity index (χ0v) is 17.2. The van der Waals surface area contributed by atoms with Crippen molar-refractivity contribution in [3.63, 3.8) is 0 Å². The van der Waals surface area contributed by atoms with Gasteiger partial charge in [0.05, 0.1) is 18.7 Å². The van der Waals surface area contributed by atoms with Crippen molar-refractivity contribution >= 4 is 22.7 Å². The van der Waals surface area contributed by atoms with E-state index >= 15 is 0 Å². The molecule has 6 heteroatoms. The van der Waals surface area contributed by atoms with Gasteiger partial charge in [0, 0.05) is 17.0 Å². The lowest BCUT2D eigenvalue weighted by molar-refractivity contribution is -0.131. The monoisotopic (exact) mass is 417 g/mol. The Labute approximate surface area is 179 Å². The summed E-state index contributed by atoms with van der Waals surface area (Å²) < 4.78 is 11.3. The number of aliphatic hydroxyl groups is 1. The largest absolute Gasteiger partial charge is 0.503 e. The lowest BCUT2D eigenvalue weighted by Gasteiger charge is -2.32. The number of ether oxygens (including phenoxy) is 1. The van der Waals surface area contributed by atoms with Crippen LogP contribution in [0.5, 0.6) is 5.75 Å². The lowest BCUT2D eigenvalue weighted by atomic mass is 9.93. The molecular formula is C25H23NO5. The molecule has 2 aliphatic rings. The molecule has 0 bridgehead atoms. The van der Waals surface area contributed by atoms with Crippen molar-refractivity contribution in [3.8, 4) is 5.75 Å². The first kappa shape index (κ1) is 19.4. The lowest BCUT2D eigenvalue weighted by Crippen LogP contribution is -2.38. The standard InChI is InChI=1S/C25H23NO5/c1-30-19-13-7-5-11-17(19)22-21(24(28)25(29)26(22)16-9-3-4-10-16)23(27)20-14-15-8-2-6-12-18(15)31-20/h2,5-8,11-14,16,22,28H,3-4,9-10H2,1H3. The predicted octanol–water partition coefficient (Wildman–Crippen LogP) is 4.96. The Hall–Kier alpha value is -3.54. The summed E-state index contributed by atoms with van der Waals surface area (Å²) in [6, 6.07) is 15.5. The van der Waals surface area contributed by atoms with E-state index in [0.29, 0.717) is 16.9 Å². The number of carbonyl (C=O) groups is 2. The number of furan rings is 1. The molecule has 1 N–H and O–H groups in total. The molecule has 5 rings (SSSR count). The smallest absolute Gasteiger partial charge is 0.290 e. The van der Waals surface area contributed by atoms with Gasteiger partial charge in [-0.25, -0.2) is 0 Å². The number of benzene rings is 2.